The highest BCUT2D eigenvalue weighted by atomic mass is 35.5. The number of methoxy groups -OCH3 is 2. The van der Waals surface area contributed by atoms with E-state index in [0.717, 1.165) is 39.4 Å². The summed E-state index contributed by atoms with van der Waals surface area (Å²) in [5.74, 6) is 1.97. The third kappa shape index (κ3) is 3.76. The van der Waals surface area contributed by atoms with Crippen molar-refractivity contribution in [2.24, 2.45) is 0 Å². The maximum absolute atomic E-state index is 12.7. The summed E-state index contributed by atoms with van der Waals surface area (Å²) >= 11 is 6.08. The molecule has 7 heteroatoms. The van der Waals surface area contributed by atoms with Gasteiger partial charge in [0.25, 0.3) is 5.91 Å². The molecule has 0 saturated carbocycles. The number of halogens is 1. The molecular formula is C26H23ClN2O4. The van der Waals surface area contributed by atoms with Crippen LogP contribution in [0.25, 0.3) is 11.3 Å². The van der Waals surface area contributed by atoms with Gasteiger partial charge >= 0.3 is 0 Å². The van der Waals surface area contributed by atoms with Crippen molar-refractivity contribution in [2.75, 3.05) is 31.5 Å². The predicted molar refractivity (Wildman–Crippen MR) is 130 cm³/mol. The number of hydrogen-bond acceptors (Lipinski definition) is 5. The summed E-state index contributed by atoms with van der Waals surface area (Å²) in [5, 5.41) is 3.46. The Morgan fingerprint density at radius 2 is 1.85 bits per heavy atom. The SMILES string of the molecule is COc1ccc(CN(C)c2ccc3c(c2)COC3=C2C(=O)Nc3cc(Cl)ccc32)c(OC)c1. The molecule has 2 aliphatic heterocycles. The van der Waals surface area contributed by atoms with Gasteiger partial charge in [0.2, 0.25) is 0 Å². The number of nitrogens with one attached hydrogen (secondary N) is 1. The number of hydrogen-bond donors (Lipinski definition) is 1. The Morgan fingerprint density at radius 3 is 2.64 bits per heavy atom. The van der Waals surface area contributed by atoms with Gasteiger partial charge in [-0.2, -0.15) is 0 Å². The van der Waals surface area contributed by atoms with Gasteiger partial charge in [-0.15, -0.1) is 0 Å². The van der Waals surface area contributed by atoms with Crippen LogP contribution in [0.15, 0.2) is 54.6 Å². The minimum atomic E-state index is -0.178. The van der Waals surface area contributed by atoms with E-state index in [1.54, 1.807) is 26.4 Å². The van der Waals surface area contributed by atoms with Crippen LogP contribution in [0.4, 0.5) is 11.4 Å². The number of benzene rings is 3. The molecule has 0 spiro atoms. The fourth-order valence-electron chi connectivity index (χ4n) is 4.29. The number of ether oxygens (including phenoxy) is 3. The van der Waals surface area contributed by atoms with Crippen LogP contribution in [0.5, 0.6) is 11.5 Å². The highest BCUT2D eigenvalue weighted by Crippen LogP contribution is 2.43. The summed E-state index contributed by atoms with van der Waals surface area (Å²) < 4.78 is 16.8. The lowest BCUT2D eigenvalue weighted by Gasteiger charge is -2.21. The summed E-state index contributed by atoms with van der Waals surface area (Å²) in [5.41, 5.74) is 6.13. The molecule has 6 nitrogen and oxygen atoms in total. The van der Waals surface area contributed by atoms with Gasteiger partial charge in [-0.1, -0.05) is 17.7 Å². The predicted octanol–water partition coefficient (Wildman–Crippen LogP) is 5.34. The highest BCUT2D eigenvalue weighted by molar-refractivity contribution is 6.37. The molecule has 2 aliphatic rings. The second-order valence-electron chi connectivity index (χ2n) is 8.01. The average molecular weight is 463 g/mol. The minimum Gasteiger partial charge on any atom is -0.497 e. The molecule has 0 atom stereocenters. The van der Waals surface area contributed by atoms with Crippen LogP contribution in [-0.4, -0.2) is 27.2 Å². The topological polar surface area (TPSA) is 60.0 Å². The molecule has 0 aromatic heterocycles. The zero-order valence-electron chi connectivity index (χ0n) is 18.6. The van der Waals surface area contributed by atoms with Crippen molar-refractivity contribution < 1.29 is 19.0 Å². The Hall–Kier alpha value is -3.64. The number of amides is 1. The Bertz CT molecular complexity index is 1300. The van der Waals surface area contributed by atoms with E-state index in [0.29, 0.717) is 35.2 Å². The Kier molecular flexibility index (Phi) is 5.38. The van der Waals surface area contributed by atoms with E-state index < -0.39 is 0 Å². The molecule has 0 saturated heterocycles. The molecule has 33 heavy (non-hydrogen) atoms. The van der Waals surface area contributed by atoms with Crippen LogP contribution in [-0.2, 0) is 22.7 Å². The monoisotopic (exact) mass is 462 g/mol. The molecule has 0 bridgehead atoms. The van der Waals surface area contributed by atoms with Crippen molar-refractivity contribution in [3.05, 3.63) is 81.9 Å². The van der Waals surface area contributed by atoms with Crippen LogP contribution in [0, 0.1) is 0 Å². The van der Waals surface area contributed by atoms with Crippen LogP contribution >= 0.6 is 11.6 Å². The van der Waals surface area contributed by atoms with E-state index in [-0.39, 0.29) is 5.91 Å². The molecule has 3 aromatic rings. The zero-order valence-corrected chi connectivity index (χ0v) is 19.3. The molecule has 2 heterocycles. The molecule has 168 valence electrons. The molecule has 0 radical (unpaired) electrons. The summed E-state index contributed by atoms with van der Waals surface area (Å²) in [6.07, 6.45) is 0. The van der Waals surface area contributed by atoms with Crippen molar-refractivity contribution in [3.63, 3.8) is 0 Å². The van der Waals surface area contributed by atoms with Crippen LogP contribution in [0.2, 0.25) is 5.02 Å². The molecule has 1 N–H and O–H groups in total. The Labute approximate surface area is 197 Å². The maximum atomic E-state index is 12.7. The summed E-state index contributed by atoms with van der Waals surface area (Å²) in [6, 6.07) is 17.4. The van der Waals surface area contributed by atoms with Gasteiger partial charge in [-0.3, -0.25) is 4.79 Å². The second-order valence-corrected chi connectivity index (χ2v) is 8.45. The van der Waals surface area contributed by atoms with Crippen LogP contribution in [0.1, 0.15) is 22.3 Å². The van der Waals surface area contributed by atoms with Crippen molar-refractivity contribution in [1.29, 1.82) is 0 Å². The number of carbonyl (C=O) groups is 1. The lowest BCUT2D eigenvalue weighted by atomic mass is 10.00. The third-order valence-electron chi connectivity index (χ3n) is 6.00. The van der Waals surface area contributed by atoms with Gasteiger partial charge in [0.1, 0.15) is 23.9 Å². The van der Waals surface area contributed by atoms with E-state index in [4.69, 9.17) is 25.8 Å². The summed E-state index contributed by atoms with van der Waals surface area (Å²) in [4.78, 5) is 14.9. The van der Waals surface area contributed by atoms with Gasteiger partial charge in [-0.25, -0.2) is 0 Å². The molecular weight excluding hydrogens is 440 g/mol. The molecule has 0 unspecified atom stereocenters. The van der Waals surface area contributed by atoms with Crippen molar-refractivity contribution in [2.45, 2.75) is 13.2 Å². The first-order valence-corrected chi connectivity index (χ1v) is 10.9. The van der Waals surface area contributed by atoms with Crippen molar-refractivity contribution >= 4 is 40.2 Å². The number of nitrogens with zero attached hydrogens (tertiary/aromatic N) is 1. The van der Waals surface area contributed by atoms with E-state index in [9.17, 15) is 4.79 Å². The lowest BCUT2D eigenvalue weighted by molar-refractivity contribution is -0.110. The van der Waals surface area contributed by atoms with E-state index >= 15 is 0 Å². The quantitative estimate of drug-likeness (QED) is 0.518. The Morgan fingerprint density at radius 1 is 1.03 bits per heavy atom. The molecule has 0 aliphatic carbocycles. The van der Waals surface area contributed by atoms with Gasteiger partial charge in [0, 0.05) is 52.6 Å². The highest BCUT2D eigenvalue weighted by Gasteiger charge is 2.32. The third-order valence-corrected chi connectivity index (χ3v) is 6.24. The fourth-order valence-corrected chi connectivity index (χ4v) is 4.46. The zero-order chi connectivity index (χ0) is 23.1. The van der Waals surface area contributed by atoms with E-state index in [1.165, 1.54) is 0 Å². The van der Waals surface area contributed by atoms with Crippen molar-refractivity contribution in [1.82, 2.24) is 0 Å². The first-order valence-electron chi connectivity index (χ1n) is 10.5. The van der Waals surface area contributed by atoms with Gasteiger partial charge in [0.15, 0.2) is 0 Å². The van der Waals surface area contributed by atoms with E-state index in [2.05, 4.69) is 16.3 Å². The number of fused-ring (bicyclic) bond motifs is 2. The molecule has 5 rings (SSSR count). The summed E-state index contributed by atoms with van der Waals surface area (Å²) in [7, 11) is 5.33. The van der Waals surface area contributed by atoms with Crippen LogP contribution in [0.3, 0.4) is 0 Å². The van der Waals surface area contributed by atoms with Gasteiger partial charge in [0.05, 0.1) is 25.5 Å². The van der Waals surface area contributed by atoms with Gasteiger partial charge < -0.3 is 24.4 Å². The average Bonchev–Trinajstić information content (AvgIpc) is 3.37. The minimum absolute atomic E-state index is 0.178. The molecule has 3 aromatic carbocycles. The smallest absolute Gasteiger partial charge is 0.260 e. The summed E-state index contributed by atoms with van der Waals surface area (Å²) in [6.45, 7) is 1.08. The van der Waals surface area contributed by atoms with E-state index in [1.807, 2.05) is 43.4 Å². The first kappa shape index (κ1) is 21.2. The molecule has 0 fully saturated rings. The number of anilines is 2. The number of carbonyl (C=O) groups excluding carboxylic acids is 1. The second kappa shape index (κ2) is 8.37. The normalized spacial score (nSPS) is 16.1. The van der Waals surface area contributed by atoms with Gasteiger partial charge in [-0.05, 0) is 42.5 Å². The van der Waals surface area contributed by atoms with Crippen molar-refractivity contribution in [3.8, 4) is 11.5 Å². The largest absolute Gasteiger partial charge is 0.497 e. The lowest BCUT2D eigenvalue weighted by Crippen LogP contribution is -2.17. The Balaban J connectivity index is 1.44. The van der Waals surface area contributed by atoms with Crippen LogP contribution < -0.4 is 19.7 Å². The maximum Gasteiger partial charge on any atom is 0.260 e. The standard InChI is InChI=1S/C26H23ClN2O4/c1-29(13-15-4-7-19(31-2)12-23(15)32-3)18-6-9-20-16(10-18)14-33-25(20)24-21-8-5-17(27)11-22(21)28-26(24)30/h4-12H,13-14H2,1-3H3,(H,28,30). The molecule has 1 amide bonds. The fraction of sp³-hybridized carbons (Fsp3) is 0.192. The first-order chi connectivity index (χ1) is 16.0. The number of rotatable bonds is 5.